The summed E-state index contributed by atoms with van der Waals surface area (Å²) in [4.78, 5) is 35.1. The van der Waals surface area contributed by atoms with Crippen LogP contribution in [0.5, 0.6) is 0 Å². The van der Waals surface area contributed by atoms with Crippen molar-refractivity contribution in [3.05, 3.63) is 35.4 Å². The van der Waals surface area contributed by atoms with Crippen molar-refractivity contribution in [2.75, 3.05) is 32.7 Å². The summed E-state index contributed by atoms with van der Waals surface area (Å²) in [7, 11) is 0. The van der Waals surface area contributed by atoms with Gasteiger partial charge in [0, 0.05) is 32.2 Å². The lowest BCUT2D eigenvalue weighted by Gasteiger charge is -2.49. The third-order valence-electron chi connectivity index (χ3n) is 9.43. The molecule has 4 rings (SSSR count). The zero-order valence-electron chi connectivity index (χ0n) is 23.9. The topological polar surface area (TPSA) is 143 Å². The third kappa shape index (κ3) is 6.92. The Morgan fingerprint density at radius 1 is 1.13 bits per heavy atom. The maximum absolute atomic E-state index is 14.0. The minimum atomic E-state index is -0.622. The van der Waals surface area contributed by atoms with Gasteiger partial charge in [0.15, 0.2) is 5.96 Å². The first-order valence-electron chi connectivity index (χ1n) is 14.9. The van der Waals surface area contributed by atoms with Gasteiger partial charge in [0.05, 0.1) is 11.5 Å². The highest BCUT2D eigenvalue weighted by molar-refractivity contribution is 5.90. The first-order chi connectivity index (χ1) is 18.7. The predicted molar refractivity (Wildman–Crippen MR) is 156 cm³/mol. The van der Waals surface area contributed by atoms with Crippen molar-refractivity contribution >= 4 is 17.8 Å². The monoisotopic (exact) mass is 539 g/mol. The third-order valence-corrected chi connectivity index (χ3v) is 9.43. The molecule has 1 atom stereocenters. The molecule has 1 saturated carbocycles. The average Bonchev–Trinajstić information content (AvgIpc) is 2.94. The largest absolute Gasteiger partial charge is 0.370 e. The number of benzene rings is 1. The fourth-order valence-electron chi connectivity index (χ4n) is 6.98. The number of carbonyl (C=O) groups is 2. The van der Waals surface area contributed by atoms with E-state index < -0.39 is 11.5 Å². The van der Waals surface area contributed by atoms with Gasteiger partial charge in [-0.05, 0) is 87.4 Å². The zero-order valence-corrected chi connectivity index (χ0v) is 23.9. The maximum atomic E-state index is 14.0. The fraction of sp³-hybridized carbons (Fsp3) is 0.700. The summed E-state index contributed by atoms with van der Waals surface area (Å²) in [6.07, 6.45) is 8.05. The number of likely N-dealkylation sites (tertiary alicyclic amines) is 1. The number of nitrogens with two attached hydrogens (primary N) is 3. The van der Waals surface area contributed by atoms with Crippen molar-refractivity contribution in [2.45, 2.75) is 89.3 Å². The number of rotatable bonds is 10. The number of carbonyl (C=O) groups excluding carboxylic acids is 2. The normalized spacial score (nSPS) is 23.9. The number of aliphatic imine (C=N–C) groups is 1. The molecule has 0 bridgehead atoms. The van der Waals surface area contributed by atoms with Gasteiger partial charge in [-0.3, -0.25) is 14.6 Å². The van der Waals surface area contributed by atoms with Gasteiger partial charge in [0.1, 0.15) is 0 Å². The van der Waals surface area contributed by atoms with E-state index in [2.05, 4.69) is 53.3 Å². The molecule has 1 spiro atoms. The molecule has 39 heavy (non-hydrogen) atoms. The van der Waals surface area contributed by atoms with Gasteiger partial charge in [-0.1, -0.05) is 38.1 Å². The van der Waals surface area contributed by atoms with Crippen LogP contribution in [0.1, 0.15) is 76.3 Å². The Hall–Kier alpha value is -2.65. The molecule has 7 N–H and O–H groups in total. The van der Waals surface area contributed by atoms with E-state index >= 15 is 0 Å². The summed E-state index contributed by atoms with van der Waals surface area (Å²) >= 11 is 0. The van der Waals surface area contributed by atoms with E-state index in [9.17, 15) is 9.59 Å². The van der Waals surface area contributed by atoms with Crippen molar-refractivity contribution in [1.29, 1.82) is 0 Å². The predicted octanol–water partition coefficient (Wildman–Crippen LogP) is 2.07. The van der Waals surface area contributed by atoms with E-state index in [-0.39, 0.29) is 17.8 Å². The van der Waals surface area contributed by atoms with Gasteiger partial charge in [-0.15, -0.1) is 0 Å². The number of piperidine rings is 1. The highest BCUT2D eigenvalue weighted by atomic mass is 16.2. The standard InChI is InChI=1S/C30H49N7O2/c1-21(2)22-9-11-24(12-10-22)36-17-13-30(14-18-36)25-7-4-3-6-23(25)20-37(28(30)39)19-16-34-27(38)26(31)8-5-15-35-29(32)33/h3-4,6-7,21-22,24,26H,5,8-20,31H2,1-2H3,(H,34,38)(H4,32,33,35)/t22?,24?,26-/m0/s1. The van der Waals surface area contributed by atoms with Crippen molar-refractivity contribution in [1.82, 2.24) is 15.1 Å². The molecule has 2 amide bonds. The lowest BCUT2D eigenvalue weighted by atomic mass is 9.67. The first kappa shape index (κ1) is 29.3. The molecule has 0 unspecified atom stereocenters. The van der Waals surface area contributed by atoms with Crippen LogP contribution in [0.25, 0.3) is 0 Å². The molecule has 1 aromatic rings. The number of amides is 2. The molecule has 3 aliphatic rings. The molecule has 1 aliphatic carbocycles. The molecular weight excluding hydrogens is 490 g/mol. The first-order valence-corrected chi connectivity index (χ1v) is 14.9. The van der Waals surface area contributed by atoms with Gasteiger partial charge in [0.25, 0.3) is 0 Å². The highest BCUT2D eigenvalue weighted by Crippen LogP contribution is 2.44. The van der Waals surface area contributed by atoms with E-state index in [0.717, 1.165) is 37.8 Å². The van der Waals surface area contributed by atoms with Crippen LogP contribution in [0.3, 0.4) is 0 Å². The lowest BCUT2D eigenvalue weighted by Crippen LogP contribution is -2.58. The number of fused-ring (bicyclic) bond motifs is 2. The van der Waals surface area contributed by atoms with Crippen LogP contribution >= 0.6 is 0 Å². The minimum absolute atomic E-state index is 0.0398. The Labute approximate surface area is 233 Å². The van der Waals surface area contributed by atoms with Crippen molar-refractivity contribution in [3.63, 3.8) is 0 Å². The molecular formula is C30H49N7O2. The van der Waals surface area contributed by atoms with E-state index in [4.69, 9.17) is 17.2 Å². The summed E-state index contributed by atoms with van der Waals surface area (Å²) in [5.74, 6) is 1.67. The molecule has 1 saturated heterocycles. The van der Waals surface area contributed by atoms with Crippen LogP contribution in [0.4, 0.5) is 0 Å². The summed E-state index contributed by atoms with van der Waals surface area (Å²) in [5, 5.41) is 2.93. The van der Waals surface area contributed by atoms with Crippen LogP contribution in [-0.4, -0.2) is 72.4 Å². The van der Waals surface area contributed by atoms with Gasteiger partial charge in [-0.2, -0.15) is 0 Å². The van der Waals surface area contributed by atoms with Crippen LogP contribution < -0.4 is 22.5 Å². The molecule has 0 radical (unpaired) electrons. The summed E-state index contributed by atoms with van der Waals surface area (Å²) in [6, 6.07) is 8.48. The SMILES string of the molecule is CC(C)C1CCC(N2CCC3(CC2)C(=O)N(CCNC(=O)[C@@H](N)CCCN=C(N)N)Cc2ccccc23)CC1. The Morgan fingerprint density at radius 3 is 2.49 bits per heavy atom. The minimum Gasteiger partial charge on any atom is -0.370 e. The van der Waals surface area contributed by atoms with E-state index in [1.807, 2.05) is 4.90 Å². The van der Waals surface area contributed by atoms with Gasteiger partial charge in [-0.25, -0.2) is 0 Å². The zero-order chi connectivity index (χ0) is 28.0. The van der Waals surface area contributed by atoms with E-state index in [1.165, 1.54) is 36.8 Å². The molecule has 2 fully saturated rings. The van der Waals surface area contributed by atoms with E-state index in [0.29, 0.717) is 45.1 Å². The van der Waals surface area contributed by atoms with Gasteiger partial charge < -0.3 is 32.3 Å². The van der Waals surface area contributed by atoms with Gasteiger partial charge >= 0.3 is 0 Å². The summed E-state index contributed by atoms with van der Waals surface area (Å²) in [5.41, 5.74) is 18.7. The molecule has 9 nitrogen and oxygen atoms in total. The number of hydrogen-bond acceptors (Lipinski definition) is 5. The van der Waals surface area contributed by atoms with Crippen molar-refractivity contribution in [3.8, 4) is 0 Å². The second kappa shape index (κ2) is 13.1. The summed E-state index contributed by atoms with van der Waals surface area (Å²) in [6.45, 7) is 8.53. The molecule has 2 heterocycles. The van der Waals surface area contributed by atoms with Crippen LogP contribution in [-0.2, 0) is 21.5 Å². The van der Waals surface area contributed by atoms with E-state index in [1.54, 1.807) is 0 Å². The molecule has 1 aromatic carbocycles. The Bertz CT molecular complexity index is 1010. The number of hydrogen-bond donors (Lipinski definition) is 4. The summed E-state index contributed by atoms with van der Waals surface area (Å²) < 4.78 is 0. The van der Waals surface area contributed by atoms with Crippen LogP contribution in [0, 0.1) is 11.8 Å². The molecule has 0 aromatic heterocycles. The molecule has 216 valence electrons. The highest BCUT2D eigenvalue weighted by Gasteiger charge is 2.49. The van der Waals surface area contributed by atoms with Crippen molar-refractivity contribution < 1.29 is 9.59 Å². The fourth-order valence-corrected chi connectivity index (χ4v) is 6.98. The lowest BCUT2D eigenvalue weighted by molar-refractivity contribution is -0.142. The molecule has 9 heteroatoms. The number of guanidine groups is 1. The van der Waals surface area contributed by atoms with Crippen LogP contribution in [0.15, 0.2) is 29.3 Å². The van der Waals surface area contributed by atoms with Crippen molar-refractivity contribution in [2.24, 2.45) is 34.0 Å². The Morgan fingerprint density at radius 2 is 1.82 bits per heavy atom. The number of nitrogens with zero attached hydrogens (tertiary/aromatic N) is 3. The maximum Gasteiger partial charge on any atom is 0.236 e. The molecule has 2 aliphatic heterocycles. The van der Waals surface area contributed by atoms with Gasteiger partial charge in [0.2, 0.25) is 11.8 Å². The quantitative estimate of drug-likeness (QED) is 0.204. The smallest absolute Gasteiger partial charge is 0.236 e. The second-order valence-electron chi connectivity index (χ2n) is 12.2. The Kier molecular flexibility index (Phi) is 9.88. The average molecular weight is 540 g/mol. The second-order valence-corrected chi connectivity index (χ2v) is 12.2. The number of nitrogens with one attached hydrogen (secondary N) is 1. The van der Waals surface area contributed by atoms with Crippen LogP contribution in [0.2, 0.25) is 0 Å². The Balaban J connectivity index is 1.33.